The Balaban J connectivity index is 1.85. The Bertz CT molecular complexity index is 470. The molecule has 1 atom stereocenters. The van der Waals surface area contributed by atoms with Crippen molar-refractivity contribution in [3.8, 4) is 0 Å². The van der Waals surface area contributed by atoms with E-state index in [9.17, 15) is 9.59 Å². The van der Waals surface area contributed by atoms with Crippen molar-refractivity contribution in [2.24, 2.45) is 5.92 Å². The number of hydrogen-bond donors (Lipinski definition) is 2. The van der Waals surface area contributed by atoms with Crippen LogP contribution in [0.25, 0.3) is 0 Å². The number of hydrazine groups is 1. The zero-order chi connectivity index (χ0) is 12.6. The number of halogens is 2. The molecule has 1 heterocycles. The fourth-order valence-corrected chi connectivity index (χ4v) is 1.90. The molecule has 7 heteroatoms. The van der Waals surface area contributed by atoms with Crippen LogP contribution in [0.1, 0.15) is 22.5 Å². The third-order valence-corrected chi connectivity index (χ3v) is 3.38. The Kier molecular flexibility index (Phi) is 3.05. The van der Waals surface area contributed by atoms with Gasteiger partial charge in [0, 0.05) is 0 Å². The second-order valence-electron chi connectivity index (χ2n) is 3.85. The molecule has 1 aliphatic rings. The van der Waals surface area contributed by atoms with Gasteiger partial charge < -0.3 is 4.42 Å². The molecule has 0 bridgehead atoms. The third kappa shape index (κ3) is 2.56. The first-order valence-electron chi connectivity index (χ1n) is 4.94. The average Bonchev–Trinajstić information content (AvgIpc) is 2.70. The molecule has 5 nitrogen and oxygen atoms in total. The summed E-state index contributed by atoms with van der Waals surface area (Å²) in [7, 11) is 0. The third-order valence-electron chi connectivity index (χ3n) is 2.55. The summed E-state index contributed by atoms with van der Waals surface area (Å²) in [4.78, 5) is 23.0. The Morgan fingerprint density at radius 2 is 2.12 bits per heavy atom. The van der Waals surface area contributed by atoms with Gasteiger partial charge in [-0.2, -0.15) is 0 Å². The number of furan rings is 1. The molecular formula is C10H10Cl2N2O3. The highest BCUT2D eigenvalue weighted by molar-refractivity contribution is 6.52. The highest BCUT2D eigenvalue weighted by Gasteiger charge is 2.56. The van der Waals surface area contributed by atoms with Crippen molar-refractivity contribution in [3.05, 3.63) is 23.7 Å². The normalized spacial score (nSPS) is 20.8. The zero-order valence-electron chi connectivity index (χ0n) is 8.92. The Morgan fingerprint density at radius 3 is 2.59 bits per heavy atom. The molecule has 2 N–H and O–H groups in total. The molecule has 0 spiro atoms. The van der Waals surface area contributed by atoms with Gasteiger partial charge >= 0.3 is 0 Å². The van der Waals surface area contributed by atoms with Gasteiger partial charge in [-0.3, -0.25) is 20.4 Å². The van der Waals surface area contributed by atoms with Gasteiger partial charge in [-0.1, -0.05) is 0 Å². The van der Waals surface area contributed by atoms with E-state index in [4.69, 9.17) is 27.6 Å². The molecule has 0 aromatic carbocycles. The number of amides is 2. The van der Waals surface area contributed by atoms with Gasteiger partial charge in [0.05, 0.1) is 17.7 Å². The number of hydrogen-bond acceptors (Lipinski definition) is 3. The molecule has 1 saturated carbocycles. The molecule has 2 rings (SSSR count). The van der Waals surface area contributed by atoms with Gasteiger partial charge in [-0.05, 0) is 19.4 Å². The minimum Gasteiger partial charge on any atom is -0.469 e. The smallest absolute Gasteiger partial charge is 0.273 e. The van der Waals surface area contributed by atoms with Gasteiger partial charge in [-0.25, -0.2) is 0 Å². The van der Waals surface area contributed by atoms with E-state index in [1.165, 1.54) is 12.3 Å². The van der Waals surface area contributed by atoms with E-state index in [2.05, 4.69) is 10.9 Å². The van der Waals surface area contributed by atoms with Crippen molar-refractivity contribution in [2.45, 2.75) is 17.7 Å². The first kappa shape index (κ1) is 12.3. The first-order chi connectivity index (χ1) is 7.92. The number of carbonyl (C=O) groups is 2. The van der Waals surface area contributed by atoms with Crippen molar-refractivity contribution in [1.29, 1.82) is 0 Å². The predicted molar refractivity (Wildman–Crippen MR) is 61.6 cm³/mol. The molecular weight excluding hydrogens is 267 g/mol. The summed E-state index contributed by atoms with van der Waals surface area (Å²) < 4.78 is 3.97. The van der Waals surface area contributed by atoms with E-state index >= 15 is 0 Å². The SMILES string of the molecule is Cc1occc1C(=O)NNC(=O)C1CC1(Cl)Cl. The van der Waals surface area contributed by atoms with Gasteiger partial charge in [0.15, 0.2) is 0 Å². The number of rotatable bonds is 2. The lowest BCUT2D eigenvalue weighted by Gasteiger charge is -2.06. The zero-order valence-corrected chi connectivity index (χ0v) is 10.4. The van der Waals surface area contributed by atoms with Crippen LogP contribution in [0.15, 0.2) is 16.7 Å². The van der Waals surface area contributed by atoms with Crippen LogP contribution in [0.5, 0.6) is 0 Å². The fourth-order valence-electron chi connectivity index (χ4n) is 1.39. The van der Waals surface area contributed by atoms with Crippen molar-refractivity contribution >= 4 is 35.0 Å². The summed E-state index contributed by atoms with van der Waals surface area (Å²) in [5.41, 5.74) is 4.90. The maximum Gasteiger partial charge on any atom is 0.273 e. The molecule has 17 heavy (non-hydrogen) atoms. The van der Waals surface area contributed by atoms with E-state index in [0.29, 0.717) is 17.7 Å². The lowest BCUT2D eigenvalue weighted by Crippen LogP contribution is -2.43. The number of aryl methyl sites for hydroxylation is 1. The number of nitrogens with one attached hydrogen (secondary N) is 2. The first-order valence-corrected chi connectivity index (χ1v) is 5.69. The van der Waals surface area contributed by atoms with Gasteiger partial charge in [-0.15, -0.1) is 23.2 Å². The van der Waals surface area contributed by atoms with E-state index in [1.807, 2.05) is 0 Å². The average molecular weight is 277 g/mol. The Hall–Kier alpha value is -1.20. The lowest BCUT2D eigenvalue weighted by atomic mass is 10.2. The van der Waals surface area contributed by atoms with Gasteiger partial charge in [0.25, 0.3) is 5.91 Å². The van der Waals surface area contributed by atoms with E-state index in [1.54, 1.807) is 6.92 Å². The summed E-state index contributed by atoms with van der Waals surface area (Å²) in [5.74, 6) is -0.840. The van der Waals surface area contributed by atoms with Crippen LogP contribution in [0.2, 0.25) is 0 Å². The predicted octanol–water partition coefficient (Wildman–Crippen LogP) is 1.54. The summed E-state index contributed by atoms with van der Waals surface area (Å²) in [5, 5.41) is 0. The van der Waals surface area contributed by atoms with Crippen LogP contribution < -0.4 is 10.9 Å². The van der Waals surface area contributed by atoms with Crippen molar-refractivity contribution in [1.82, 2.24) is 10.9 Å². The van der Waals surface area contributed by atoms with Gasteiger partial charge in [0.2, 0.25) is 5.91 Å². The minimum atomic E-state index is -1.000. The van der Waals surface area contributed by atoms with Crippen LogP contribution in [0.3, 0.4) is 0 Å². The molecule has 1 aromatic rings. The lowest BCUT2D eigenvalue weighted by molar-refractivity contribution is -0.123. The Labute approximate surface area is 107 Å². The molecule has 1 aliphatic carbocycles. The molecule has 1 aromatic heterocycles. The van der Waals surface area contributed by atoms with Crippen molar-refractivity contribution in [3.63, 3.8) is 0 Å². The quantitative estimate of drug-likeness (QED) is 0.636. The molecule has 1 fully saturated rings. The number of carbonyl (C=O) groups excluding carboxylic acids is 2. The molecule has 0 radical (unpaired) electrons. The van der Waals surface area contributed by atoms with Crippen molar-refractivity contribution in [2.75, 3.05) is 0 Å². The van der Waals surface area contributed by atoms with Gasteiger partial charge in [0.1, 0.15) is 10.1 Å². The molecule has 1 unspecified atom stereocenters. The summed E-state index contributed by atoms with van der Waals surface area (Å²) in [6.45, 7) is 1.65. The van der Waals surface area contributed by atoms with Crippen LogP contribution in [0, 0.1) is 12.8 Å². The van der Waals surface area contributed by atoms with E-state index in [-0.39, 0.29) is 0 Å². The summed E-state index contributed by atoms with van der Waals surface area (Å²) in [6.07, 6.45) is 1.79. The molecule has 92 valence electrons. The summed E-state index contributed by atoms with van der Waals surface area (Å²) >= 11 is 11.4. The molecule has 2 amide bonds. The second kappa shape index (κ2) is 4.23. The monoisotopic (exact) mass is 276 g/mol. The highest BCUT2D eigenvalue weighted by Crippen LogP contribution is 2.53. The standard InChI is InChI=1S/C10H10Cl2N2O3/c1-5-6(2-3-17-5)8(15)13-14-9(16)7-4-10(7,11)12/h2-3,7H,4H2,1H3,(H,13,15)(H,14,16). The van der Waals surface area contributed by atoms with Crippen molar-refractivity contribution < 1.29 is 14.0 Å². The van der Waals surface area contributed by atoms with E-state index in [0.717, 1.165) is 0 Å². The maximum atomic E-state index is 11.6. The topological polar surface area (TPSA) is 71.3 Å². The van der Waals surface area contributed by atoms with E-state index < -0.39 is 22.1 Å². The van der Waals surface area contributed by atoms with Crippen LogP contribution in [-0.2, 0) is 4.79 Å². The highest BCUT2D eigenvalue weighted by atomic mass is 35.5. The fraction of sp³-hybridized carbons (Fsp3) is 0.400. The molecule has 0 aliphatic heterocycles. The van der Waals surface area contributed by atoms with Crippen LogP contribution in [-0.4, -0.2) is 16.1 Å². The van der Waals surface area contributed by atoms with Crippen LogP contribution >= 0.6 is 23.2 Å². The molecule has 0 saturated heterocycles. The maximum absolute atomic E-state index is 11.6. The number of alkyl halides is 2. The summed E-state index contributed by atoms with van der Waals surface area (Å²) in [6, 6.07) is 1.52. The van der Waals surface area contributed by atoms with Crippen LogP contribution in [0.4, 0.5) is 0 Å². The second-order valence-corrected chi connectivity index (χ2v) is 5.39. The minimum absolute atomic E-state index is 0.365. The Morgan fingerprint density at radius 1 is 1.47 bits per heavy atom. The largest absolute Gasteiger partial charge is 0.469 e.